The highest BCUT2D eigenvalue weighted by Gasteiger charge is 2.08. The Morgan fingerprint density at radius 3 is 2.26 bits per heavy atom. The Hall–Kier alpha value is -2.62. The molecule has 0 atom stereocenters. The van der Waals surface area contributed by atoms with Gasteiger partial charge in [0, 0.05) is 18.4 Å². The summed E-state index contributed by atoms with van der Waals surface area (Å²) in [6.07, 6.45) is 1.09. The fraction of sp³-hybridized carbons (Fsp3) is 0.263. The highest BCUT2D eigenvalue weighted by molar-refractivity contribution is 5.96. The molecule has 0 heterocycles. The molecule has 0 aromatic heterocycles. The zero-order chi connectivity index (χ0) is 16.5. The molecule has 0 aliphatic carbocycles. The maximum absolute atomic E-state index is 12.0. The monoisotopic (exact) mass is 312 g/mol. The van der Waals surface area contributed by atoms with E-state index >= 15 is 0 Å². The first-order valence-corrected chi connectivity index (χ1v) is 7.56. The predicted octanol–water partition coefficient (Wildman–Crippen LogP) is 3.79. The lowest BCUT2D eigenvalue weighted by Crippen LogP contribution is -2.04. The molecular formula is C19H20O4. The molecule has 0 saturated heterocycles. The average molecular weight is 312 g/mol. The van der Waals surface area contributed by atoms with Gasteiger partial charge >= 0.3 is 5.97 Å². The van der Waals surface area contributed by atoms with Crippen molar-refractivity contribution in [1.29, 1.82) is 0 Å². The Morgan fingerprint density at radius 1 is 0.913 bits per heavy atom. The largest absolute Gasteiger partial charge is 0.489 e. The summed E-state index contributed by atoms with van der Waals surface area (Å²) in [7, 11) is 1.35. The molecule has 2 rings (SSSR count). The lowest BCUT2D eigenvalue weighted by Gasteiger charge is -2.07. The molecule has 0 amide bonds. The highest BCUT2D eigenvalue weighted by atomic mass is 16.5. The SMILES string of the molecule is COC(=O)CCCC(=O)c1ccc(OCc2ccccc2)cc1. The van der Waals surface area contributed by atoms with Gasteiger partial charge in [0.05, 0.1) is 7.11 Å². The molecule has 2 aromatic rings. The van der Waals surface area contributed by atoms with E-state index in [-0.39, 0.29) is 18.2 Å². The van der Waals surface area contributed by atoms with Crippen LogP contribution in [0.4, 0.5) is 0 Å². The van der Waals surface area contributed by atoms with Crippen LogP contribution in [0.2, 0.25) is 0 Å². The Kier molecular flexibility index (Phi) is 6.36. The molecule has 23 heavy (non-hydrogen) atoms. The second-order valence-electron chi connectivity index (χ2n) is 5.15. The maximum atomic E-state index is 12.0. The number of ether oxygens (including phenoxy) is 2. The molecule has 120 valence electrons. The van der Waals surface area contributed by atoms with Crippen LogP contribution in [-0.4, -0.2) is 18.9 Å². The molecular weight excluding hydrogens is 292 g/mol. The van der Waals surface area contributed by atoms with Gasteiger partial charge in [-0.05, 0) is 36.2 Å². The van der Waals surface area contributed by atoms with Crippen LogP contribution in [0.5, 0.6) is 5.75 Å². The molecule has 4 heteroatoms. The van der Waals surface area contributed by atoms with E-state index in [2.05, 4.69) is 4.74 Å². The van der Waals surface area contributed by atoms with Crippen LogP contribution in [0.1, 0.15) is 35.2 Å². The fourth-order valence-electron chi connectivity index (χ4n) is 2.12. The van der Waals surface area contributed by atoms with E-state index in [0.717, 1.165) is 11.3 Å². The lowest BCUT2D eigenvalue weighted by atomic mass is 10.1. The fourth-order valence-corrected chi connectivity index (χ4v) is 2.12. The molecule has 0 radical (unpaired) electrons. The van der Waals surface area contributed by atoms with Crippen LogP contribution in [-0.2, 0) is 16.1 Å². The number of esters is 1. The van der Waals surface area contributed by atoms with Gasteiger partial charge in [-0.15, -0.1) is 0 Å². The standard InChI is InChI=1S/C19H20O4/c1-22-19(21)9-5-8-18(20)16-10-12-17(13-11-16)23-14-15-6-3-2-4-7-15/h2-4,6-7,10-13H,5,8-9,14H2,1H3. The number of carbonyl (C=O) groups excluding carboxylic acids is 2. The van der Waals surface area contributed by atoms with Gasteiger partial charge < -0.3 is 9.47 Å². The second-order valence-corrected chi connectivity index (χ2v) is 5.15. The summed E-state index contributed by atoms with van der Waals surface area (Å²) in [4.78, 5) is 23.0. The molecule has 0 N–H and O–H groups in total. The normalized spacial score (nSPS) is 10.1. The first-order chi connectivity index (χ1) is 11.2. The average Bonchev–Trinajstić information content (AvgIpc) is 2.61. The first-order valence-electron chi connectivity index (χ1n) is 7.56. The second kappa shape index (κ2) is 8.73. The Morgan fingerprint density at radius 2 is 1.61 bits per heavy atom. The number of benzene rings is 2. The van der Waals surface area contributed by atoms with E-state index in [9.17, 15) is 9.59 Å². The van der Waals surface area contributed by atoms with Crippen LogP contribution in [0.15, 0.2) is 54.6 Å². The third-order valence-electron chi connectivity index (χ3n) is 3.44. The van der Waals surface area contributed by atoms with Gasteiger partial charge in [-0.1, -0.05) is 30.3 Å². The van der Waals surface area contributed by atoms with E-state index in [1.165, 1.54) is 7.11 Å². The minimum absolute atomic E-state index is 0.0171. The summed E-state index contributed by atoms with van der Waals surface area (Å²) >= 11 is 0. The summed E-state index contributed by atoms with van der Waals surface area (Å²) < 4.78 is 10.2. The van der Waals surface area contributed by atoms with Crippen molar-refractivity contribution in [2.75, 3.05) is 7.11 Å². The smallest absolute Gasteiger partial charge is 0.305 e. The molecule has 2 aromatic carbocycles. The quantitative estimate of drug-likeness (QED) is 0.549. The van der Waals surface area contributed by atoms with Crippen molar-refractivity contribution in [3.63, 3.8) is 0 Å². The van der Waals surface area contributed by atoms with E-state index in [0.29, 0.717) is 25.0 Å². The molecule has 0 fully saturated rings. The van der Waals surface area contributed by atoms with Crippen LogP contribution >= 0.6 is 0 Å². The lowest BCUT2D eigenvalue weighted by molar-refractivity contribution is -0.140. The zero-order valence-electron chi connectivity index (χ0n) is 13.2. The molecule has 0 bridgehead atoms. The maximum Gasteiger partial charge on any atom is 0.305 e. The summed E-state index contributed by atoms with van der Waals surface area (Å²) in [6, 6.07) is 17.0. The topological polar surface area (TPSA) is 52.6 Å². The molecule has 0 unspecified atom stereocenters. The van der Waals surface area contributed by atoms with Crippen molar-refractivity contribution in [3.8, 4) is 5.75 Å². The van der Waals surface area contributed by atoms with Crippen molar-refractivity contribution >= 4 is 11.8 Å². The predicted molar refractivity (Wildman–Crippen MR) is 87.4 cm³/mol. The molecule has 0 aliphatic heterocycles. The van der Waals surface area contributed by atoms with Gasteiger partial charge in [-0.3, -0.25) is 9.59 Å². The van der Waals surface area contributed by atoms with Crippen LogP contribution in [0.3, 0.4) is 0 Å². The number of methoxy groups -OCH3 is 1. The summed E-state index contributed by atoms with van der Waals surface area (Å²) in [5.41, 5.74) is 1.72. The molecule has 0 spiro atoms. The van der Waals surface area contributed by atoms with Crippen molar-refractivity contribution in [1.82, 2.24) is 0 Å². The van der Waals surface area contributed by atoms with Gasteiger partial charge in [-0.25, -0.2) is 0 Å². The number of ketones is 1. The van der Waals surface area contributed by atoms with Crippen LogP contribution in [0.25, 0.3) is 0 Å². The minimum atomic E-state index is -0.289. The van der Waals surface area contributed by atoms with E-state index in [1.54, 1.807) is 24.3 Å². The number of carbonyl (C=O) groups is 2. The van der Waals surface area contributed by atoms with Crippen molar-refractivity contribution in [2.24, 2.45) is 0 Å². The third-order valence-corrected chi connectivity index (χ3v) is 3.44. The summed E-state index contributed by atoms with van der Waals surface area (Å²) in [6.45, 7) is 0.493. The third kappa shape index (κ3) is 5.58. The number of Topliss-reactive ketones (excluding diaryl/α,β-unsaturated/α-hetero) is 1. The van der Waals surface area contributed by atoms with E-state index in [1.807, 2.05) is 30.3 Å². The van der Waals surface area contributed by atoms with Crippen molar-refractivity contribution in [3.05, 3.63) is 65.7 Å². The minimum Gasteiger partial charge on any atom is -0.489 e. The first kappa shape index (κ1) is 16.7. The highest BCUT2D eigenvalue weighted by Crippen LogP contribution is 2.16. The Labute approximate surface area is 136 Å². The summed E-state index contributed by atoms with van der Waals surface area (Å²) in [5.74, 6) is 0.450. The number of hydrogen-bond donors (Lipinski definition) is 0. The number of rotatable bonds is 8. The Bertz CT molecular complexity index is 632. The van der Waals surface area contributed by atoms with Gasteiger partial charge in [0.2, 0.25) is 0 Å². The molecule has 0 aliphatic rings. The van der Waals surface area contributed by atoms with E-state index < -0.39 is 0 Å². The van der Waals surface area contributed by atoms with Crippen molar-refractivity contribution in [2.45, 2.75) is 25.9 Å². The molecule has 0 saturated carbocycles. The van der Waals surface area contributed by atoms with E-state index in [4.69, 9.17) is 4.74 Å². The zero-order valence-corrected chi connectivity index (χ0v) is 13.2. The van der Waals surface area contributed by atoms with Gasteiger partial charge in [0.15, 0.2) is 5.78 Å². The Balaban J connectivity index is 1.81. The summed E-state index contributed by atoms with van der Waals surface area (Å²) in [5, 5.41) is 0. The van der Waals surface area contributed by atoms with Gasteiger partial charge in [0.1, 0.15) is 12.4 Å². The van der Waals surface area contributed by atoms with Gasteiger partial charge in [0.25, 0.3) is 0 Å². The van der Waals surface area contributed by atoms with Crippen LogP contribution in [0, 0.1) is 0 Å². The molecule has 4 nitrogen and oxygen atoms in total. The van der Waals surface area contributed by atoms with Crippen LogP contribution < -0.4 is 4.74 Å². The number of hydrogen-bond acceptors (Lipinski definition) is 4. The van der Waals surface area contributed by atoms with Crippen molar-refractivity contribution < 1.29 is 19.1 Å². The van der Waals surface area contributed by atoms with Gasteiger partial charge in [-0.2, -0.15) is 0 Å².